The van der Waals surface area contributed by atoms with Crippen LogP contribution in [-0.2, 0) is 4.79 Å². The van der Waals surface area contributed by atoms with Gasteiger partial charge in [0.25, 0.3) is 5.91 Å². The first-order chi connectivity index (χ1) is 9.99. The second kappa shape index (κ2) is 7.75. The fraction of sp³-hybridized carbons (Fsp3) is 0.357. The van der Waals surface area contributed by atoms with E-state index in [1.165, 1.54) is 24.1 Å². The van der Waals surface area contributed by atoms with Crippen molar-refractivity contribution in [3.63, 3.8) is 0 Å². The molecule has 0 spiro atoms. The summed E-state index contributed by atoms with van der Waals surface area (Å²) in [7, 11) is 2.98. The van der Waals surface area contributed by atoms with E-state index in [0.717, 1.165) is 0 Å². The Morgan fingerprint density at radius 1 is 1.43 bits per heavy atom. The van der Waals surface area contributed by atoms with Gasteiger partial charge in [0.15, 0.2) is 6.61 Å². The van der Waals surface area contributed by atoms with E-state index < -0.39 is 5.97 Å². The Hall–Kier alpha value is -2.75. The maximum Gasteiger partial charge on any atom is 0.339 e. The highest BCUT2D eigenvalue weighted by Gasteiger charge is 2.15. The summed E-state index contributed by atoms with van der Waals surface area (Å²) in [6.07, 6.45) is 0.227. The topological polar surface area (TPSA) is 99.9 Å². The number of amides is 1. The largest absolute Gasteiger partial charge is 0.497 e. The first-order valence-electron chi connectivity index (χ1n) is 6.14. The molecule has 0 bridgehead atoms. The molecule has 1 aromatic rings. The summed E-state index contributed by atoms with van der Waals surface area (Å²) in [4.78, 5) is 24.2. The molecule has 0 aromatic heterocycles. The number of ether oxygens (including phenoxy) is 2. The first-order valence-corrected chi connectivity index (χ1v) is 6.14. The lowest BCUT2D eigenvalue weighted by Gasteiger charge is -2.16. The number of methoxy groups -OCH3 is 1. The second-order valence-corrected chi connectivity index (χ2v) is 4.18. The average molecular weight is 292 g/mol. The number of carboxylic acids is 1. The van der Waals surface area contributed by atoms with Crippen LogP contribution in [0.2, 0.25) is 0 Å². The molecular formula is C14H16N2O5. The molecule has 1 amide bonds. The molecule has 0 heterocycles. The van der Waals surface area contributed by atoms with Crippen molar-refractivity contribution in [2.75, 3.05) is 27.3 Å². The number of carbonyl (C=O) groups excluding carboxylic acids is 1. The molecule has 1 rings (SSSR count). The summed E-state index contributed by atoms with van der Waals surface area (Å²) in [6.45, 7) is 0.00162. The molecule has 0 saturated heterocycles. The lowest BCUT2D eigenvalue weighted by Crippen LogP contribution is -2.32. The Balaban J connectivity index is 2.73. The van der Waals surface area contributed by atoms with Crippen molar-refractivity contribution in [3.8, 4) is 17.6 Å². The van der Waals surface area contributed by atoms with Crippen molar-refractivity contribution in [2.24, 2.45) is 0 Å². The number of nitriles is 1. The number of aromatic carboxylic acids is 1. The second-order valence-electron chi connectivity index (χ2n) is 4.18. The molecule has 112 valence electrons. The standard InChI is InChI=1S/C14H16N2O5/c1-16(7-3-6-15)13(17)9-21-12-5-4-10(20-2)8-11(12)14(18)19/h4-5,8H,3,7,9H2,1-2H3,(H,18,19). The fourth-order valence-corrected chi connectivity index (χ4v) is 1.52. The number of rotatable bonds is 7. The third-order valence-electron chi connectivity index (χ3n) is 2.75. The highest BCUT2D eigenvalue weighted by Crippen LogP contribution is 2.24. The van der Waals surface area contributed by atoms with Crippen molar-refractivity contribution in [3.05, 3.63) is 23.8 Å². The smallest absolute Gasteiger partial charge is 0.339 e. The van der Waals surface area contributed by atoms with E-state index in [4.69, 9.17) is 19.8 Å². The molecule has 1 N–H and O–H groups in total. The van der Waals surface area contributed by atoms with E-state index in [9.17, 15) is 9.59 Å². The van der Waals surface area contributed by atoms with Crippen molar-refractivity contribution in [1.29, 1.82) is 5.26 Å². The molecule has 21 heavy (non-hydrogen) atoms. The quantitative estimate of drug-likeness (QED) is 0.809. The van der Waals surface area contributed by atoms with Crippen LogP contribution in [0.15, 0.2) is 18.2 Å². The van der Waals surface area contributed by atoms with Gasteiger partial charge in [-0.2, -0.15) is 5.26 Å². The summed E-state index contributed by atoms with van der Waals surface area (Å²) in [6, 6.07) is 6.24. The zero-order valence-corrected chi connectivity index (χ0v) is 11.8. The van der Waals surface area contributed by atoms with Crippen molar-refractivity contribution >= 4 is 11.9 Å². The summed E-state index contributed by atoms with van der Waals surface area (Å²) < 4.78 is 10.2. The maximum atomic E-state index is 11.7. The van der Waals surface area contributed by atoms with Crippen LogP contribution in [0.3, 0.4) is 0 Å². The fourth-order valence-electron chi connectivity index (χ4n) is 1.52. The van der Waals surface area contributed by atoms with E-state index in [-0.39, 0.29) is 30.2 Å². The van der Waals surface area contributed by atoms with Gasteiger partial charge >= 0.3 is 5.97 Å². The zero-order valence-electron chi connectivity index (χ0n) is 11.8. The number of benzene rings is 1. The normalized spacial score (nSPS) is 9.57. The molecule has 0 saturated carbocycles. The molecule has 7 nitrogen and oxygen atoms in total. The van der Waals surface area contributed by atoms with Crippen LogP contribution in [0.25, 0.3) is 0 Å². The first kappa shape index (κ1) is 16.3. The van der Waals surface area contributed by atoms with Gasteiger partial charge in [-0.25, -0.2) is 4.79 Å². The van der Waals surface area contributed by atoms with Gasteiger partial charge in [-0.15, -0.1) is 0 Å². The van der Waals surface area contributed by atoms with E-state index in [1.54, 1.807) is 13.1 Å². The minimum atomic E-state index is -1.17. The average Bonchev–Trinajstić information content (AvgIpc) is 2.49. The van der Waals surface area contributed by atoms with Crippen molar-refractivity contribution in [2.45, 2.75) is 6.42 Å². The number of nitrogens with zero attached hydrogens (tertiary/aromatic N) is 2. The van der Waals surface area contributed by atoms with Crippen LogP contribution >= 0.6 is 0 Å². The third kappa shape index (κ3) is 4.69. The van der Waals surface area contributed by atoms with Gasteiger partial charge in [0.1, 0.15) is 17.1 Å². The van der Waals surface area contributed by atoms with E-state index in [0.29, 0.717) is 12.3 Å². The Morgan fingerprint density at radius 3 is 2.71 bits per heavy atom. The number of carboxylic acid groups (broad SMARTS) is 1. The molecule has 0 unspecified atom stereocenters. The SMILES string of the molecule is COc1ccc(OCC(=O)N(C)CCC#N)c(C(=O)O)c1. The van der Waals surface area contributed by atoms with Crippen LogP contribution < -0.4 is 9.47 Å². The van der Waals surface area contributed by atoms with Gasteiger partial charge in [0.2, 0.25) is 0 Å². The highest BCUT2D eigenvalue weighted by atomic mass is 16.5. The molecule has 0 radical (unpaired) electrons. The van der Waals surface area contributed by atoms with Crippen LogP contribution in [0.1, 0.15) is 16.8 Å². The minimum absolute atomic E-state index is 0.0816. The molecule has 1 aromatic carbocycles. The van der Waals surface area contributed by atoms with Gasteiger partial charge < -0.3 is 19.5 Å². The Morgan fingerprint density at radius 2 is 2.14 bits per heavy atom. The summed E-state index contributed by atoms with van der Waals surface area (Å²) in [5.41, 5.74) is -0.0816. The Kier molecular flexibility index (Phi) is 6.01. The van der Waals surface area contributed by atoms with Gasteiger partial charge in [0, 0.05) is 13.6 Å². The molecule has 0 aliphatic carbocycles. The lowest BCUT2D eigenvalue weighted by atomic mass is 10.2. The number of hydrogen-bond donors (Lipinski definition) is 1. The molecule has 0 fully saturated rings. The van der Waals surface area contributed by atoms with E-state index >= 15 is 0 Å². The predicted octanol–water partition coefficient (Wildman–Crippen LogP) is 1.14. The third-order valence-corrected chi connectivity index (χ3v) is 2.75. The summed E-state index contributed by atoms with van der Waals surface area (Å²) in [5, 5.41) is 17.6. The van der Waals surface area contributed by atoms with Crippen LogP contribution in [-0.4, -0.2) is 49.2 Å². The van der Waals surface area contributed by atoms with Gasteiger partial charge in [0.05, 0.1) is 19.6 Å². The van der Waals surface area contributed by atoms with Gasteiger partial charge in [-0.1, -0.05) is 0 Å². The molecule has 0 aliphatic rings. The summed E-state index contributed by atoms with van der Waals surface area (Å²) in [5.74, 6) is -1.03. The maximum absolute atomic E-state index is 11.7. The van der Waals surface area contributed by atoms with Crippen molar-refractivity contribution in [1.82, 2.24) is 4.90 Å². The minimum Gasteiger partial charge on any atom is -0.497 e. The van der Waals surface area contributed by atoms with Gasteiger partial charge in [-0.05, 0) is 18.2 Å². The number of hydrogen-bond acceptors (Lipinski definition) is 5. The highest BCUT2D eigenvalue weighted by molar-refractivity contribution is 5.91. The summed E-state index contributed by atoms with van der Waals surface area (Å²) >= 11 is 0. The van der Waals surface area contributed by atoms with Crippen molar-refractivity contribution < 1.29 is 24.2 Å². The number of likely N-dealkylation sites (N-methyl/N-ethyl adjacent to an activating group) is 1. The predicted molar refractivity (Wildman–Crippen MR) is 73.3 cm³/mol. The Bertz CT molecular complexity index is 565. The van der Waals surface area contributed by atoms with Crippen LogP contribution in [0.4, 0.5) is 0 Å². The van der Waals surface area contributed by atoms with Crippen LogP contribution in [0.5, 0.6) is 11.5 Å². The number of carbonyl (C=O) groups is 2. The zero-order chi connectivity index (χ0) is 15.8. The lowest BCUT2D eigenvalue weighted by molar-refractivity contribution is -0.132. The molecular weight excluding hydrogens is 276 g/mol. The Labute approximate surface area is 122 Å². The molecule has 7 heteroatoms. The monoisotopic (exact) mass is 292 g/mol. The van der Waals surface area contributed by atoms with E-state index in [2.05, 4.69) is 0 Å². The van der Waals surface area contributed by atoms with E-state index in [1.807, 2.05) is 6.07 Å². The molecule has 0 aliphatic heterocycles. The molecule has 0 atom stereocenters. The van der Waals surface area contributed by atoms with Gasteiger partial charge in [-0.3, -0.25) is 4.79 Å². The van der Waals surface area contributed by atoms with Crippen LogP contribution in [0, 0.1) is 11.3 Å².